The zero-order valence-electron chi connectivity index (χ0n) is 19.1. The van der Waals surface area contributed by atoms with Crippen molar-refractivity contribution in [3.8, 4) is 11.5 Å². The van der Waals surface area contributed by atoms with E-state index in [9.17, 15) is 9.90 Å². The molecule has 7 heteroatoms. The third-order valence-electron chi connectivity index (χ3n) is 6.31. The molecule has 2 atom stereocenters. The Morgan fingerprint density at radius 1 is 1.12 bits per heavy atom. The Bertz CT molecular complexity index is 1020. The number of anilines is 1. The molecule has 32 heavy (non-hydrogen) atoms. The van der Waals surface area contributed by atoms with Crippen LogP contribution in [0.1, 0.15) is 30.0 Å². The van der Waals surface area contributed by atoms with Gasteiger partial charge in [0.1, 0.15) is 0 Å². The normalized spacial score (nSPS) is 20.3. The van der Waals surface area contributed by atoms with Crippen molar-refractivity contribution in [1.29, 1.82) is 0 Å². The lowest BCUT2D eigenvalue weighted by molar-refractivity contribution is 0.198. The Morgan fingerprint density at radius 2 is 1.81 bits per heavy atom. The number of benzene rings is 2. The van der Waals surface area contributed by atoms with Crippen LogP contribution in [0.15, 0.2) is 42.6 Å². The first-order valence-corrected chi connectivity index (χ1v) is 11.0. The zero-order valence-corrected chi connectivity index (χ0v) is 19.1. The molecule has 0 radical (unpaired) electrons. The van der Waals surface area contributed by atoms with Crippen molar-refractivity contribution in [2.45, 2.75) is 31.9 Å². The fourth-order valence-corrected chi connectivity index (χ4v) is 4.54. The number of urea groups is 1. The van der Waals surface area contributed by atoms with E-state index in [1.165, 1.54) is 0 Å². The van der Waals surface area contributed by atoms with Gasteiger partial charge in [-0.05, 0) is 60.7 Å². The number of aliphatic hydroxyl groups is 1. The minimum Gasteiger partial charge on any atom is -0.493 e. The SMILES string of the molecule is CNC(=O)N1C=C(c2ccc(N3CC[C@@H](O)C3)cc2)c2cc(OC)c(OC)cc2CC1C. The Kier molecular flexibility index (Phi) is 6.28. The van der Waals surface area contributed by atoms with E-state index < -0.39 is 0 Å². The van der Waals surface area contributed by atoms with Crippen LogP contribution >= 0.6 is 0 Å². The second-order valence-corrected chi connectivity index (χ2v) is 8.36. The fraction of sp³-hybridized carbons (Fsp3) is 0.400. The van der Waals surface area contributed by atoms with Crippen molar-refractivity contribution in [1.82, 2.24) is 10.2 Å². The van der Waals surface area contributed by atoms with Crippen LogP contribution in [0.5, 0.6) is 11.5 Å². The summed E-state index contributed by atoms with van der Waals surface area (Å²) in [4.78, 5) is 16.6. The van der Waals surface area contributed by atoms with Crippen LogP contribution in [-0.4, -0.2) is 62.5 Å². The number of nitrogens with one attached hydrogen (secondary N) is 1. The van der Waals surface area contributed by atoms with Crippen LogP contribution in [-0.2, 0) is 6.42 Å². The second-order valence-electron chi connectivity index (χ2n) is 8.36. The summed E-state index contributed by atoms with van der Waals surface area (Å²) in [6.45, 7) is 3.55. The molecule has 0 aromatic heterocycles. The standard InChI is InChI=1S/C25H31N3O4/c1-16-11-18-12-23(31-3)24(32-4)13-21(18)22(15-28(16)25(30)26-2)17-5-7-19(8-6-17)27-10-9-20(29)14-27/h5-8,12-13,15-16,20,29H,9-11,14H2,1-4H3,(H,26,30)/t16?,20-/m1/s1. The summed E-state index contributed by atoms with van der Waals surface area (Å²) in [7, 11) is 4.90. The lowest BCUT2D eigenvalue weighted by atomic mass is 9.92. The first-order valence-electron chi connectivity index (χ1n) is 11.0. The highest BCUT2D eigenvalue weighted by atomic mass is 16.5. The van der Waals surface area contributed by atoms with Crippen molar-refractivity contribution in [3.63, 3.8) is 0 Å². The number of ether oxygens (including phenoxy) is 2. The predicted octanol–water partition coefficient (Wildman–Crippen LogP) is 3.25. The van der Waals surface area contributed by atoms with Gasteiger partial charge in [-0.3, -0.25) is 4.90 Å². The molecule has 1 saturated heterocycles. The summed E-state index contributed by atoms with van der Waals surface area (Å²) in [6.07, 6.45) is 3.14. The first-order chi connectivity index (χ1) is 15.4. The number of nitrogens with zero attached hydrogens (tertiary/aromatic N) is 2. The van der Waals surface area contributed by atoms with E-state index in [0.29, 0.717) is 24.5 Å². The van der Waals surface area contributed by atoms with Gasteiger partial charge in [-0.25, -0.2) is 4.79 Å². The van der Waals surface area contributed by atoms with Crippen molar-refractivity contribution in [2.75, 3.05) is 39.3 Å². The smallest absolute Gasteiger partial charge is 0.321 e. The molecule has 170 valence electrons. The largest absolute Gasteiger partial charge is 0.493 e. The number of hydrogen-bond acceptors (Lipinski definition) is 5. The van der Waals surface area contributed by atoms with E-state index in [1.807, 2.05) is 25.3 Å². The maximum atomic E-state index is 12.7. The number of fused-ring (bicyclic) bond motifs is 1. The summed E-state index contributed by atoms with van der Waals surface area (Å²) in [5.74, 6) is 1.33. The number of rotatable bonds is 4. The molecule has 2 aliphatic heterocycles. The number of amides is 2. The highest BCUT2D eigenvalue weighted by Crippen LogP contribution is 2.39. The Balaban J connectivity index is 1.80. The lowest BCUT2D eigenvalue weighted by Crippen LogP contribution is -2.40. The maximum Gasteiger partial charge on any atom is 0.321 e. The maximum absolute atomic E-state index is 12.7. The number of carbonyl (C=O) groups is 1. The first kappa shape index (κ1) is 22.0. The van der Waals surface area contributed by atoms with E-state index in [2.05, 4.69) is 34.5 Å². The highest BCUT2D eigenvalue weighted by molar-refractivity contribution is 5.87. The van der Waals surface area contributed by atoms with Gasteiger partial charge < -0.3 is 24.8 Å². The van der Waals surface area contributed by atoms with Gasteiger partial charge in [-0.2, -0.15) is 0 Å². The molecule has 2 aromatic rings. The molecule has 4 rings (SSSR count). The van der Waals surface area contributed by atoms with Crippen molar-refractivity contribution in [3.05, 3.63) is 59.3 Å². The van der Waals surface area contributed by atoms with E-state index in [0.717, 1.165) is 40.9 Å². The van der Waals surface area contributed by atoms with Crippen LogP contribution in [0.4, 0.5) is 10.5 Å². The quantitative estimate of drug-likeness (QED) is 0.768. The number of carbonyl (C=O) groups excluding carboxylic acids is 1. The fourth-order valence-electron chi connectivity index (χ4n) is 4.54. The summed E-state index contributed by atoms with van der Waals surface area (Å²) >= 11 is 0. The van der Waals surface area contributed by atoms with Gasteiger partial charge in [0, 0.05) is 43.6 Å². The Labute approximate surface area is 189 Å². The number of hydrogen-bond donors (Lipinski definition) is 2. The number of β-amino-alcohol motifs (C(OH)–C–C–N with tert-alkyl or cyclic N) is 1. The molecule has 1 unspecified atom stereocenters. The monoisotopic (exact) mass is 437 g/mol. The Hall–Kier alpha value is -3.19. The molecule has 0 saturated carbocycles. The van der Waals surface area contributed by atoms with Gasteiger partial charge >= 0.3 is 6.03 Å². The van der Waals surface area contributed by atoms with Crippen molar-refractivity contribution in [2.24, 2.45) is 0 Å². The molecular weight excluding hydrogens is 406 g/mol. The molecule has 2 aromatic carbocycles. The van der Waals surface area contributed by atoms with Gasteiger partial charge in [0.05, 0.1) is 20.3 Å². The summed E-state index contributed by atoms with van der Waals surface area (Å²) in [6, 6.07) is 12.1. The third kappa shape index (κ3) is 4.12. The molecule has 0 aliphatic carbocycles. The van der Waals surface area contributed by atoms with Crippen molar-refractivity contribution >= 4 is 17.3 Å². The summed E-state index contributed by atoms with van der Waals surface area (Å²) in [5, 5.41) is 12.6. The molecule has 7 nitrogen and oxygen atoms in total. The molecular formula is C25H31N3O4. The average Bonchev–Trinajstić information content (AvgIpc) is 3.19. The molecule has 0 bridgehead atoms. The predicted molar refractivity (Wildman–Crippen MR) is 125 cm³/mol. The number of methoxy groups -OCH3 is 2. The minimum absolute atomic E-state index is 0.0327. The van der Waals surface area contributed by atoms with Crippen LogP contribution in [0.3, 0.4) is 0 Å². The summed E-state index contributed by atoms with van der Waals surface area (Å²) in [5.41, 5.74) is 5.15. The van der Waals surface area contributed by atoms with Crippen LogP contribution in [0.25, 0.3) is 5.57 Å². The molecule has 2 aliphatic rings. The molecule has 1 fully saturated rings. The van der Waals surface area contributed by atoms with Crippen LogP contribution in [0, 0.1) is 0 Å². The van der Waals surface area contributed by atoms with E-state index in [1.54, 1.807) is 26.2 Å². The van der Waals surface area contributed by atoms with Crippen LogP contribution in [0.2, 0.25) is 0 Å². The van der Waals surface area contributed by atoms with Gasteiger partial charge in [0.25, 0.3) is 0 Å². The lowest BCUT2D eigenvalue weighted by Gasteiger charge is -2.24. The van der Waals surface area contributed by atoms with E-state index in [-0.39, 0.29) is 18.2 Å². The molecule has 2 amide bonds. The van der Waals surface area contributed by atoms with Gasteiger partial charge in [0.15, 0.2) is 11.5 Å². The summed E-state index contributed by atoms with van der Waals surface area (Å²) < 4.78 is 11.1. The highest BCUT2D eigenvalue weighted by Gasteiger charge is 2.27. The minimum atomic E-state index is -0.267. The topological polar surface area (TPSA) is 74.3 Å². The van der Waals surface area contributed by atoms with Gasteiger partial charge in [0.2, 0.25) is 0 Å². The molecule has 2 heterocycles. The van der Waals surface area contributed by atoms with E-state index >= 15 is 0 Å². The Morgan fingerprint density at radius 3 is 2.41 bits per heavy atom. The van der Waals surface area contributed by atoms with Crippen LogP contribution < -0.4 is 19.7 Å². The molecule has 0 spiro atoms. The average molecular weight is 438 g/mol. The van der Waals surface area contributed by atoms with Gasteiger partial charge in [-0.1, -0.05) is 12.1 Å². The second kappa shape index (κ2) is 9.12. The molecule has 2 N–H and O–H groups in total. The zero-order chi connectivity index (χ0) is 22.8. The van der Waals surface area contributed by atoms with E-state index in [4.69, 9.17) is 9.47 Å². The number of aliphatic hydroxyl groups excluding tert-OH is 1. The van der Waals surface area contributed by atoms with Crippen molar-refractivity contribution < 1.29 is 19.4 Å². The van der Waals surface area contributed by atoms with Gasteiger partial charge in [-0.15, -0.1) is 0 Å². The third-order valence-corrected chi connectivity index (χ3v) is 6.31.